The topological polar surface area (TPSA) is 37.5 Å². The molecule has 1 N–H and O–H groups in total. The van der Waals surface area contributed by atoms with Crippen molar-refractivity contribution >= 4 is 30.1 Å². The second kappa shape index (κ2) is 6.43. The van der Waals surface area contributed by atoms with E-state index in [4.69, 9.17) is 12.3 Å². The Morgan fingerprint density at radius 3 is 2.72 bits per heavy atom. The van der Waals surface area contributed by atoms with Crippen molar-refractivity contribution in [1.29, 1.82) is 0 Å². The number of hydrogen-bond donors (Lipinski definition) is 1. The number of nitrogens with one attached hydrogen (secondary N) is 1. The van der Waals surface area contributed by atoms with Crippen LogP contribution in [0.2, 0.25) is 0 Å². The molecule has 3 nitrogen and oxygen atoms in total. The van der Waals surface area contributed by atoms with E-state index in [9.17, 15) is 0 Å². The van der Waals surface area contributed by atoms with Gasteiger partial charge in [-0.2, -0.15) is 0 Å². The van der Waals surface area contributed by atoms with E-state index in [2.05, 4.69) is 41.5 Å². The van der Waals surface area contributed by atoms with Gasteiger partial charge in [0.15, 0.2) is 0 Å². The summed E-state index contributed by atoms with van der Waals surface area (Å²) in [5.74, 6) is 1.98. The highest BCUT2D eigenvalue weighted by atomic mass is 16.3. The molecule has 0 bridgehead atoms. The van der Waals surface area contributed by atoms with Gasteiger partial charge in [0.1, 0.15) is 25.0 Å². The molecule has 1 aromatic heterocycles. The van der Waals surface area contributed by atoms with Gasteiger partial charge in [-0.1, -0.05) is 41.9 Å². The highest BCUT2D eigenvalue weighted by Crippen LogP contribution is 2.27. The minimum Gasteiger partial charge on any atom is -0.461 e. The molecule has 0 spiro atoms. The first-order valence-corrected chi connectivity index (χ1v) is 8.78. The van der Waals surface area contributed by atoms with E-state index in [-0.39, 0.29) is 0 Å². The highest BCUT2D eigenvalue weighted by molar-refractivity contribution is 6.33. The van der Waals surface area contributed by atoms with Crippen LogP contribution in [0.25, 0.3) is 11.0 Å². The van der Waals surface area contributed by atoms with Gasteiger partial charge in [0, 0.05) is 17.5 Å². The van der Waals surface area contributed by atoms with Crippen molar-refractivity contribution in [3.05, 3.63) is 64.4 Å². The first-order valence-electron chi connectivity index (χ1n) is 8.78. The maximum atomic E-state index is 6.13. The van der Waals surface area contributed by atoms with Crippen molar-refractivity contribution in [3.63, 3.8) is 0 Å². The lowest BCUT2D eigenvalue weighted by molar-refractivity contribution is 0.571. The van der Waals surface area contributed by atoms with Crippen molar-refractivity contribution in [3.8, 4) is 0 Å². The van der Waals surface area contributed by atoms with Crippen molar-refractivity contribution in [2.45, 2.75) is 26.7 Å². The molecule has 3 aromatic rings. The second-order valence-electron chi connectivity index (χ2n) is 6.65. The van der Waals surface area contributed by atoms with Crippen molar-refractivity contribution < 1.29 is 4.42 Å². The fourth-order valence-corrected chi connectivity index (χ4v) is 3.53. The molecule has 25 heavy (non-hydrogen) atoms. The summed E-state index contributed by atoms with van der Waals surface area (Å²) >= 11 is 0. The summed E-state index contributed by atoms with van der Waals surface area (Å²) in [5, 5.41) is 4.50. The predicted molar refractivity (Wildman–Crippen MR) is 104 cm³/mol. The summed E-state index contributed by atoms with van der Waals surface area (Å²) in [5.41, 5.74) is 6.61. The summed E-state index contributed by atoms with van der Waals surface area (Å²) < 4.78 is 6.01. The number of rotatable bonds is 4. The largest absolute Gasteiger partial charge is 0.461 e. The van der Waals surface area contributed by atoms with Crippen LogP contribution in [-0.4, -0.2) is 26.8 Å². The fourth-order valence-electron chi connectivity index (χ4n) is 3.53. The van der Waals surface area contributed by atoms with Crippen LogP contribution in [0.4, 0.5) is 0 Å². The summed E-state index contributed by atoms with van der Waals surface area (Å²) in [6.07, 6.45) is 1.81. The summed E-state index contributed by atoms with van der Waals surface area (Å²) in [4.78, 5) is 4.57. The Morgan fingerprint density at radius 2 is 1.92 bits per heavy atom. The molecule has 124 valence electrons. The zero-order valence-electron chi connectivity index (χ0n) is 14.7. The summed E-state index contributed by atoms with van der Waals surface area (Å²) in [6.45, 7) is 5.87. The van der Waals surface area contributed by atoms with Crippen LogP contribution in [0, 0.1) is 13.8 Å². The molecule has 0 aliphatic carbocycles. The number of nitrogens with zero attached hydrogens (tertiary/aromatic N) is 1. The van der Waals surface area contributed by atoms with E-state index >= 15 is 0 Å². The maximum absolute atomic E-state index is 6.13. The van der Waals surface area contributed by atoms with Crippen LogP contribution in [0.15, 0.2) is 45.8 Å². The average molecular weight is 328 g/mol. The van der Waals surface area contributed by atoms with E-state index in [1.54, 1.807) is 0 Å². The lowest BCUT2D eigenvalue weighted by Crippen LogP contribution is -2.21. The van der Waals surface area contributed by atoms with Crippen molar-refractivity contribution in [2.24, 2.45) is 4.99 Å². The third kappa shape index (κ3) is 2.97. The van der Waals surface area contributed by atoms with E-state index < -0.39 is 0 Å². The van der Waals surface area contributed by atoms with E-state index in [0.717, 1.165) is 54.0 Å². The molecule has 0 atom stereocenters. The zero-order valence-corrected chi connectivity index (χ0v) is 14.7. The standard InChI is InChI=1S/C21H21BN2O/c1-13-14(2)25-20-16(11-17(22)12-19(13)20)8-7-15-5-3-4-6-18(15)21-23-9-10-24-21/h3-6,11-12H,7-10H2,1-2H3,(H,23,24). The number of aliphatic imine (C=N–C) groups is 1. The van der Waals surface area contributed by atoms with Gasteiger partial charge in [-0.3, -0.25) is 4.99 Å². The number of aryl methyl sites for hydroxylation is 4. The number of fused-ring (bicyclic) bond motifs is 1. The minimum atomic E-state index is 0.793. The maximum Gasteiger partial charge on any atom is 0.137 e. The Bertz CT molecular complexity index is 971. The Balaban J connectivity index is 1.67. The molecule has 0 saturated carbocycles. The normalized spacial score (nSPS) is 13.9. The lowest BCUT2D eigenvalue weighted by Gasteiger charge is -2.11. The van der Waals surface area contributed by atoms with Crippen LogP contribution >= 0.6 is 0 Å². The van der Waals surface area contributed by atoms with Gasteiger partial charge in [0.05, 0.1) is 6.54 Å². The Kier molecular flexibility index (Phi) is 4.12. The molecule has 2 heterocycles. The monoisotopic (exact) mass is 328 g/mol. The molecule has 4 rings (SSSR count). The average Bonchev–Trinajstić information content (AvgIpc) is 3.23. The third-order valence-corrected chi connectivity index (χ3v) is 4.99. The number of amidine groups is 1. The first kappa shape index (κ1) is 16.0. The lowest BCUT2D eigenvalue weighted by atomic mass is 9.89. The number of furan rings is 1. The molecular formula is C21H21BN2O. The van der Waals surface area contributed by atoms with Crippen molar-refractivity contribution in [2.75, 3.05) is 13.1 Å². The van der Waals surface area contributed by atoms with E-state index in [1.807, 2.05) is 19.1 Å². The van der Waals surface area contributed by atoms with Crippen LogP contribution in [0.1, 0.15) is 28.0 Å². The van der Waals surface area contributed by atoms with Gasteiger partial charge in [0.25, 0.3) is 0 Å². The first-order chi connectivity index (χ1) is 12.1. The van der Waals surface area contributed by atoms with Crippen LogP contribution in [0.5, 0.6) is 0 Å². The molecule has 1 aliphatic rings. The molecule has 2 radical (unpaired) electrons. The summed E-state index contributed by atoms with van der Waals surface area (Å²) in [6, 6.07) is 12.5. The fraction of sp³-hybridized carbons (Fsp3) is 0.286. The van der Waals surface area contributed by atoms with Crippen LogP contribution in [0.3, 0.4) is 0 Å². The number of benzene rings is 2. The molecule has 0 saturated heterocycles. The molecule has 1 aliphatic heterocycles. The van der Waals surface area contributed by atoms with Gasteiger partial charge in [0.2, 0.25) is 0 Å². The van der Waals surface area contributed by atoms with Crippen LogP contribution < -0.4 is 10.8 Å². The Morgan fingerprint density at radius 1 is 1.12 bits per heavy atom. The van der Waals surface area contributed by atoms with Gasteiger partial charge in [-0.25, -0.2) is 0 Å². The van der Waals surface area contributed by atoms with Crippen LogP contribution in [-0.2, 0) is 12.8 Å². The van der Waals surface area contributed by atoms with Gasteiger partial charge < -0.3 is 9.73 Å². The van der Waals surface area contributed by atoms with Gasteiger partial charge in [-0.15, -0.1) is 0 Å². The second-order valence-corrected chi connectivity index (χ2v) is 6.65. The molecule has 0 fully saturated rings. The third-order valence-electron chi connectivity index (χ3n) is 4.99. The predicted octanol–water partition coefficient (Wildman–Crippen LogP) is 2.98. The van der Waals surface area contributed by atoms with E-state index in [0.29, 0.717) is 0 Å². The molecule has 0 unspecified atom stereocenters. The SMILES string of the molecule is [B]c1cc(CCc2ccccc2C2=NCCN2)c2oc(C)c(C)c2c1. The highest BCUT2D eigenvalue weighted by Gasteiger charge is 2.15. The van der Waals surface area contributed by atoms with Gasteiger partial charge >= 0.3 is 0 Å². The molecule has 0 amide bonds. The van der Waals surface area contributed by atoms with Crippen molar-refractivity contribution in [1.82, 2.24) is 5.32 Å². The Hall–Kier alpha value is -2.49. The zero-order chi connectivity index (χ0) is 17.4. The summed E-state index contributed by atoms with van der Waals surface area (Å²) in [7, 11) is 6.13. The molecule has 4 heteroatoms. The molecule has 2 aromatic carbocycles. The quantitative estimate of drug-likeness (QED) is 0.748. The van der Waals surface area contributed by atoms with Gasteiger partial charge in [-0.05, 0) is 43.4 Å². The smallest absolute Gasteiger partial charge is 0.137 e. The Labute approximate surface area is 149 Å². The number of hydrogen-bond acceptors (Lipinski definition) is 3. The minimum absolute atomic E-state index is 0.793. The van der Waals surface area contributed by atoms with E-state index in [1.165, 1.54) is 22.3 Å². The molecular weight excluding hydrogens is 307 g/mol.